The van der Waals surface area contributed by atoms with E-state index in [1.807, 2.05) is 37.3 Å². The standard InChI is InChI=1S/C22H26N4O4/c1-13(24-14-5-7-15(8-6-14)26(2)21(27)12-23)9-17-16-10-19(29-3)20(30-4)11-18(16)25-22(17)28/h5-11,13,24H,12,23H2,1-4H3,(H,25,28). The number of amides is 2. The van der Waals surface area contributed by atoms with Crippen molar-refractivity contribution in [2.24, 2.45) is 5.73 Å². The summed E-state index contributed by atoms with van der Waals surface area (Å²) < 4.78 is 10.7. The number of methoxy groups -OCH3 is 2. The molecule has 0 saturated heterocycles. The minimum Gasteiger partial charge on any atom is -0.493 e. The van der Waals surface area contributed by atoms with E-state index in [4.69, 9.17) is 15.2 Å². The zero-order valence-electron chi connectivity index (χ0n) is 17.5. The van der Waals surface area contributed by atoms with Gasteiger partial charge in [0.2, 0.25) is 5.91 Å². The summed E-state index contributed by atoms with van der Waals surface area (Å²) in [6.45, 7) is 1.91. The average molecular weight is 410 g/mol. The van der Waals surface area contributed by atoms with E-state index in [0.29, 0.717) is 22.8 Å². The van der Waals surface area contributed by atoms with E-state index < -0.39 is 0 Å². The second kappa shape index (κ2) is 8.87. The highest BCUT2D eigenvalue weighted by Gasteiger charge is 2.27. The van der Waals surface area contributed by atoms with Crippen LogP contribution in [0.1, 0.15) is 12.5 Å². The molecule has 0 fully saturated rings. The molecule has 1 atom stereocenters. The summed E-state index contributed by atoms with van der Waals surface area (Å²) in [4.78, 5) is 25.7. The Morgan fingerprint density at radius 2 is 1.83 bits per heavy atom. The molecule has 2 amide bonds. The fraction of sp³-hybridized carbons (Fsp3) is 0.273. The maximum atomic E-state index is 12.5. The normalized spacial score (nSPS) is 14.7. The second-order valence-electron chi connectivity index (χ2n) is 6.92. The van der Waals surface area contributed by atoms with Crippen molar-refractivity contribution in [3.63, 3.8) is 0 Å². The zero-order valence-corrected chi connectivity index (χ0v) is 17.5. The van der Waals surface area contributed by atoms with Crippen molar-refractivity contribution < 1.29 is 19.1 Å². The summed E-state index contributed by atoms with van der Waals surface area (Å²) in [5.74, 6) is 0.783. The quantitative estimate of drug-likeness (QED) is 0.606. The van der Waals surface area contributed by atoms with Gasteiger partial charge in [0.1, 0.15) is 0 Å². The maximum Gasteiger partial charge on any atom is 0.256 e. The molecule has 8 heteroatoms. The summed E-state index contributed by atoms with van der Waals surface area (Å²) in [5.41, 5.74) is 9.05. The van der Waals surface area contributed by atoms with Crippen molar-refractivity contribution in [2.75, 3.05) is 43.3 Å². The Balaban J connectivity index is 1.78. The predicted octanol–water partition coefficient (Wildman–Crippen LogP) is 2.46. The first-order valence-corrected chi connectivity index (χ1v) is 9.50. The minimum absolute atomic E-state index is 0.0404. The van der Waals surface area contributed by atoms with Crippen LogP contribution in [-0.4, -0.2) is 45.7 Å². The fourth-order valence-electron chi connectivity index (χ4n) is 3.30. The van der Waals surface area contributed by atoms with Crippen LogP contribution in [0.3, 0.4) is 0 Å². The third-order valence-electron chi connectivity index (χ3n) is 4.92. The van der Waals surface area contributed by atoms with E-state index in [0.717, 1.165) is 16.9 Å². The molecule has 1 aliphatic rings. The molecule has 8 nitrogen and oxygen atoms in total. The van der Waals surface area contributed by atoms with Crippen molar-refractivity contribution in [1.82, 2.24) is 0 Å². The smallest absolute Gasteiger partial charge is 0.256 e. The minimum atomic E-state index is -0.175. The predicted molar refractivity (Wildman–Crippen MR) is 118 cm³/mol. The Bertz CT molecular complexity index is 985. The molecule has 158 valence electrons. The van der Waals surface area contributed by atoms with Gasteiger partial charge in [-0.2, -0.15) is 0 Å². The van der Waals surface area contributed by atoms with Crippen LogP contribution in [0.4, 0.5) is 17.1 Å². The summed E-state index contributed by atoms with van der Waals surface area (Å²) in [6, 6.07) is 10.9. The molecule has 2 aromatic rings. The number of ether oxygens (including phenoxy) is 2. The van der Waals surface area contributed by atoms with Gasteiger partial charge in [-0.15, -0.1) is 0 Å². The summed E-state index contributed by atoms with van der Waals surface area (Å²) in [7, 11) is 4.80. The first-order valence-electron chi connectivity index (χ1n) is 9.50. The molecular weight excluding hydrogens is 384 g/mol. The Kier molecular flexibility index (Phi) is 6.27. The number of benzene rings is 2. The van der Waals surface area contributed by atoms with E-state index in [9.17, 15) is 9.59 Å². The van der Waals surface area contributed by atoms with Crippen molar-refractivity contribution in [1.29, 1.82) is 0 Å². The molecule has 30 heavy (non-hydrogen) atoms. The number of likely N-dealkylation sites (N-methyl/N-ethyl adjacent to an activating group) is 1. The van der Waals surface area contributed by atoms with Gasteiger partial charge in [-0.3, -0.25) is 9.59 Å². The Hall–Kier alpha value is -3.52. The van der Waals surface area contributed by atoms with Crippen LogP contribution in [-0.2, 0) is 9.59 Å². The number of nitrogens with one attached hydrogen (secondary N) is 2. The highest BCUT2D eigenvalue weighted by Crippen LogP contribution is 2.40. The summed E-state index contributed by atoms with van der Waals surface area (Å²) in [5, 5.41) is 6.20. The summed E-state index contributed by atoms with van der Waals surface area (Å²) >= 11 is 0. The molecule has 0 bridgehead atoms. The van der Waals surface area contributed by atoms with Gasteiger partial charge in [-0.1, -0.05) is 0 Å². The largest absolute Gasteiger partial charge is 0.493 e. The highest BCUT2D eigenvalue weighted by atomic mass is 16.5. The van der Waals surface area contributed by atoms with Crippen molar-refractivity contribution in [3.05, 3.63) is 48.0 Å². The van der Waals surface area contributed by atoms with Crippen LogP contribution >= 0.6 is 0 Å². The van der Waals surface area contributed by atoms with Gasteiger partial charge in [0.05, 0.1) is 26.5 Å². The first-order chi connectivity index (χ1) is 14.4. The molecular formula is C22H26N4O4. The number of hydrogen-bond acceptors (Lipinski definition) is 6. The van der Waals surface area contributed by atoms with Crippen LogP contribution in [0.2, 0.25) is 0 Å². The van der Waals surface area contributed by atoms with Gasteiger partial charge in [-0.05, 0) is 43.3 Å². The highest BCUT2D eigenvalue weighted by molar-refractivity contribution is 6.31. The number of hydrogen-bond donors (Lipinski definition) is 3. The number of nitrogens with two attached hydrogens (primary N) is 1. The fourth-order valence-corrected chi connectivity index (χ4v) is 3.30. The molecule has 0 aliphatic carbocycles. The number of carbonyl (C=O) groups is 2. The number of carbonyl (C=O) groups excluding carboxylic acids is 2. The van der Waals surface area contributed by atoms with Crippen LogP contribution in [0.15, 0.2) is 42.5 Å². The molecule has 3 rings (SSSR count). The lowest BCUT2D eigenvalue weighted by Gasteiger charge is -2.18. The lowest BCUT2D eigenvalue weighted by Crippen LogP contribution is -2.32. The second-order valence-corrected chi connectivity index (χ2v) is 6.92. The Labute approximate surface area is 175 Å². The SMILES string of the molecule is COc1cc2c(cc1OC)C(=CC(C)Nc1ccc(N(C)C(=O)CN)cc1)C(=O)N2. The molecule has 1 heterocycles. The van der Waals surface area contributed by atoms with Gasteiger partial charge >= 0.3 is 0 Å². The Morgan fingerprint density at radius 3 is 2.43 bits per heavy atom. The lowest BCUT2D eigenvalue weighted by molar-refractivity contribution is -0.117. The average Bonchev–Trinajstić information content (AvgIpc) is 3.05. The third kappa shape index (κ3) is 4.23. The van der Waals surface area contributed by atoms with Crippen LogP contribution in [0, 0.1) is 0 Å². The lowest BCUT2D eigenvalue weighted by atomic mass is 10.0. The van der Waals surface area contributed by atoms with Gasteiger partial charge in [0.15, 0.2) is 11.5 Å². The van der Waals surface area contributed by atoms with Gasteiger partial charge in [0.25, 0.3) is 5.91 Å². The molecule has 0 radical (unpaired) electrons. The number of rotatable bonds is 7. The zero-order chi connectivity index (χ0) is 21.8. The van der Waals surface area contributed by atoms with Gasteiger partial charge < -0.3 is 30.7 Å². The number of nitrogens with zero attached hydrogens (tertiary/aromatic N) is 1. The van der Waals surface area contributed by atoms with E-state index in [1.165, 1.54) is 4.90 Å². The molecule has 1 aliphatic heterocycles. The van der Waals surface area contributed by atoms with Gasteiger partial charge in [0, 0.05) is 41.7 Å². The number of fused-ring (bicyclic) bond motifs is 1. The summed E-state index contributed by atoms with van der Waals surface area (Å²) in [6.07, 6.45) is 1.87. The first kappa shape index (κ1) is 21.2. The third-order valence-corrected chi connectivity index (χ3v) is 4.92. The molecule has 0 aromatic heterocycles. The maximum absolute atomic E-state index is 12.5. The van der Waals surface area contributed by atoms with Crippen LogP contribution in [0.25, 0.3) is 5.57 Å². The molecule has 0 spiro atoms. The molecule has 1 unspecified atom stereocenters. The molecule has 2 aromatic carbocycles. The van der Waals surface area contributed by atoms with E-state index in [1.54, 1.807) is 33.4 Å². The van der Waals surface area contributed by atoms with Crippen molar-refractivity contribution >= 4 is 34.4 Å². The Morgan fingerprint density at radius 1 is 1.20 bits per heavy atom. The van der Waals surface area contributed by atoms with Crippen LogP contribution < -0.4 is 30.7 Å². The van der Waals surface area contributed by atoms with Crippen LogP contribution in [0.5, 0.6) is 11.5 Å². The van der Waals surface area contributed by atoms with Crippen molar-refractivity contribution in [2.45, 2.75) is 13.0 Å². The van der Waals surface area contributed by atoms with Gasteiger partial charge in [-0.25, -0.2) is 0 Å². The van der Waals surface area contributed by atoms with Crippen molar-refractivity contribution in [3.8, 4) is 11.5 Å². The monoisotopic (exact) mass is 410 g/mol. The number of anilines is 3. The molecule has 4 N–H and O–H groups in total. The topological polar surface area (TPSA) is 106 Å². The van der Waals surface area contributed by atoms with E-state index in [-0.39, 0.29) is 24.4 Å². The van der Waals surface area contributed by atoms with E-state index >= 15 is 0 Å². The molecule has 0 saturated carbocycles. The van der Waals surface area contributed by atoms with E-state index in [2.05, 4.69) is 10.6 Å².